The van der Waals surface area contributed by atoms with Crippen molar-refractivity contribution in [2.75, 3.05) is 11.9 Å². The fourth-order valence-electron chi connectivity index (χ4n) is 2.44. The molecule has 1 N–H and O–H groups in total. The number of furan rings is 1. The Morgan fingerprint density at radius 3 is 3.11 bits per heavy atom. The van der Waals surface area contributed by atoms with Crippen LogP contribution in [-0.2, 0) is 13.0 Å². The molecule has 2 aromatic rings. The molecule has 0 amide bonds. The number of thiazole rings is 1. The molecule has 2 aromatic heterocycles. The van der Waals surface area contributed by atoms with E-state index in [1.807, 2.05) is 20.0 Å². The molecule has 0 saturated carbocycles. The van der Waals surface area contributed by atoms with Crippen molar-refractivity contribution in [3.8, 4) is 0 Å². The maximum absolute atomic E-state index is 9.97. The van der Waals surface area contributed by atoms with Crippen molar-refractivity contribution < 1.29 is 9.52 Å². The van der Waals surface area contributed by atoms with Crippen LogP contribution in [0.4, 0.5) is 5.13 Å². The van der Waals surface area contributed by atoms with Gasteiger partial charge in [-0.25, -0.2) is 4.98 Å². The number of hydrogen-bond acceptors (Lipinski definition) is 5. The Hall–Kier alpha value is -1.33. The van der Waals surface area contributed by atoms with Crippen LogP contribution in [0.5, 0.6) is 0 Å². The third-order valence-electron chi connectivity index (χ3n) is 3.61. The van der Waals surface area contributed by atoms with Gasteiger partial charge in [0.15, 0.2) is 5.13 Å². The minimum absolute atomic E-state index is 0.377. The molecule has 0 spiro atoms. The summed E-state index contributed by atoms with van der Waals surface area (Å²) in [6.07, 6.45) is 4.27. The Morgan fingerprint density at radius 1 is 1.58 bits per heavy atom. The number of aromatic nitrogens is 1. The summed E-state index contributed by atoms with van der Waals surface area (Å²) in [7, 11) is 2.03. The monoisotopic (exact) mass is 278 g/mol. The maximum atomic E-state index is 9.97. The number of hydrogen-bond donors (Lipinski definition) is 1. The van der Waals surface area contributed by atoms with E-state index in [1.54, 1.807) is 17.6 Å². The van der Waals surface area contributed by atoms with Crippen LogP contribution in [0.1, 0.15) is 40.8 Å². The summed E-state index contributed by atoms with van der Waals surface area (Å²) in [5, 5.41) is 10.9. The predicted octanol–water partition coefficient (Wildman–Crippen LogP) is 3.05. The second-order valence-electron chi connectivity index (χ2n) is 5.07. The van der Waals surface area contributed by atoms with Crippen molar-refractivity contribution in [2.24, 2.45) is 0 Å². The largest absolute Gasteiger partial charge is 0.469 e. The summed E-state index contributed by atoms with van der Waals surface area (Å²) in [5.74, 6) is 0.952. The minimum atomic E-state index is -0.377. The van der Waals surface area contributed by atoms with Gasteiger partial charge >= 0.3 is 0 Å². The highest BCUT2D eigenvalue weighted by atomic mass is 32.1. The lowest BCUT2D eigenvalue weighted by molar-refractivity contribution is 0.153. The van der Waals surface area contributed by atoms with Gasteiger partial charge in [0.1, 0.15) is 5.76 Å². The Morgan fingerprint density at radius 2 is 2.42 bits per heavy atom. The molecule has 0 aliphatic heterocycles. The number of nitrogens with zero attached hydrogens (tertiary/aromatic N) is 2. The first-order valence-electron chi connectivity index (χ1n) is 6.57. The highest BCUT2D eigenvalue weighted by molar-refractivity contribution is 7.15. The highest BCUT2D eigenvalue weighted by Gasteiger charge is 2.24. The normalized spacial score (nSPS) is 18.4. The van der Waals surface area contributed by atoms with E-state index in [0.29, 0.717) is 0 Å². The zero-order valence-electron chi connectivity index (χ0n) is 11.2. The Kier molecular flexibility index (Phi) is 3.33. The SMILES string of the molecule is Cc1occc1CN(C)c1nc2c(s1)CCCC2O. The van der Waals surface area contributed by atoms with E-state index in [0.717, 1.165) is 42.4 Å². The molecule has 3 rings (SSSR count). The number of aryl methyl sites for hydroxylation is 2. The average Bonchev–Trinajstić information content (AvgIpc) is 2.97. The molecule has 4 nitrogen and oxygen atoms in total. The first kappa shape index (κ1) is 12.7. The smallest absolute Gasteiger partial charge is 0.185 e. The fraction of sp³-hybridized carbons (Fsp3) is 0.500. The van der Waals surface area contributed by atoms with E-state index in [9.17, 15) is 5.11 Å². The minimum Gasteiger partial charge on any atom is -0.469 e. The highest BCUT2D eigenvalue weighted by Crippen LogP contribution is 2.36. The molecular formula is C14H18N2O2S. The Bertz CT molecular complexity index is 576. The first-order chi connectivity index (χ1) is 9.15. The molecule has 0 bridgehead atoms. The van der Waals surface area contributed by atoms with E-state index < -0.39 is 0 Å². The molecule has 1 unspecified atom stereocenters. The van der Waals surface area contributed by atoms with Crippen molar-refractivity contribution in [1.29, 1.82) is 0 Å². The van der Waals surface area contributed by atoms with Gasteiger partial charge in [-0.05, 0) is 32.3 Å². The number of anilines is 1. The third-order valence-corrected chi connectivity index (χ3v) is 4.86. The van der Waals surface area contributed by atoms with Crippen LogP contribution in [0.2, 0.25) is 0 Å². The Labute approximate surface area is 116 Å². The van der Waals surface area contributed by atoms with Crippen LogP contribution in [-0.4, -0.2) is 17.1 Å². The number of aliphatic hydroxyl groups excluding tert-OH is 1. The van der Waals surface area contributed by atoms with Crippen LogP contribution in [0.25, 0.3) is 0 Å². The molecule has 2 heterocycles. The van der Waals surface area contributed by atoms with Crippen molar-refractivity contribution in [2.45, 2.75) is 38.8 Å². The molecule has 19 heavy (non-hydrogen) atoms. The quantitative estimate of drug-likeness (QED) is 0.937. The third kappa shape index (κ3) is 2.40. The fourth-order valence-corrected chi connectivity index (χ4v) is 3.56. The summed E-state index contributed by atoms with van der Waals surface area (Å²) >= 11 is 1.70. The van der Waals surface area contributed by atoms with E-state index in [2.05, 4.69) is 9.88 Å². The van der Waals surface area contributed by atoms with Crippen molar-refractivity contribution in [1.82, 2.24) is 4.98 Å². The van der Waals surface area contributed by atoms with E-state index in [1.165, 1.54) is 10.4 Å². The lowest BCUT2D eigenvalue weighted by atomic mass is 10.0. The molecule has 0 radical (unpaired) electrons. The molecule has 1 aliphatic carbocycles. The molecule has 102 valence electrons. The van der Waals surface area contributed by atoms with E-state index in [4.69, 9.17) is 4.42 Å². The average molecular weight is 278 g/mol. The second kappa shape index (κ2) is 4.98. The van der Waals surface area contributed by atoms with Crippen LogP contribution in [0.3, 0.4) is 0 Å². The number of aliphatic hydroxyl groups is 1. The van der Waals surface area contributed by atoms with E-state index in [-0.39, 0.29) is 6.10 Å². The predicted molar refractivity (Wildman–Crippen MR) is 75.6 cm³/mol. The second-order valence-corrected chi connectivity index (χ2v) is 6.13. The van der Waals surface area contributed by atoms with Crippen LogP contribution in [0.15, 0.2) is 16.7 Å². The topological polar surface area (TPSA) is 49.5 Å². The zero-order valence-corrected chi connectivity index (χ0v) is 12.0. The lowest BCUT2D eigenvalue weighted by Crippen LogP contribution is -2.16. The Balaban J connectivity index is 1.81. The summed E-state index contributed by atoms with van der Waals surface area (Å²) < 4.78 is 5.32. The van der Waals surface area contributed by atoms with Gasteiger partial charge in [-0.15, -0.1) is 11.3 Å². The van der Waals surface area contributed by atoms with Gasteiger partial charge in [-0.1, -0.05) is 0 Å². The molecule has 1 atom stereocenters. The van der Waals surface area contributed by atoms with Gasteiger partial charge in [-0.3, -0.25) is 0 Å². The standard InChI is InChI=1S/C14H18N2O2S/c1-9-10(6-7-18-9)8-16(2)14-15-13-11(17)4-3-5-12(13)19-14/h6-7,11,17H,3-5,8H2,1-2H3. The maximum Gasteiger partial charge on any atom is 0.185 e. The first-order valence-corrected chi connectivity index (χ1v) is 7.38. The zero-order chi connectivity index (χ0) is 13.4. The molecular weight excluding hydrogens is 260 g/mol. The van der Waals surface area contributed by atoms with Crippen molar-refractivity contribution >= 4 is 16.5 Å². The van der Waals surface area contributed by atoms with Gasteiger partial charge in [0.2, 0.25) is 0 Å². The van der Waals surface area contributed by atoms with Gasteiger partial charge < -0.3 is 14.4 Å². The number of fused-ring (bicyclic) bond motifs is 1. The summed E-state index contributed by atoms with van der Waals surface area (Å²) in [6, 6.07) is 1.99. The molecule has 0 saturated heterocycles. The van der Waals surface area contributed by atoms with Crippen LogP contribution < -0.4 is 4.90 Å². The van der Waals surface area contributed by atoms with Gasteiger partial charge in [0.25, 0.3) is 0 Å². The van der Waals surface area contributed by atoms with E-state index >= 15 is 0 Å². The van der Waals surface area contributed by atoms with Gasteiger partial charge in [-0.2, -0.15) is 0 Å². The molecule has 0 fully saturated rings. The van der Waals surface area contributed by atoms with Crippen molar-refractivity contribution in [3.63, 3.8) is 0 Å². The summed E-state index contributed by atoms with van der Waals surface area (Å²) in [5.41, 5.74) is 2.07. The molecule has 1 aliphatic rings. The van der Waals surface area contributed by atoms with Crippen molar-refractivity contribution in [3.05, 3.63) is 34.2 Å². The van der Waals surface area contributed by atoms with Gasteiger partial charge in [0.05, 0.1) is 18.1 Å². The summed E-state index contributed by atoms with van der Waals surface area (Å²) in [6.45, 7) is 2.75. The molecule has 5 heteroatoms. The summed E-state index contributed by atoms with van der Waals surface area (Å²) in [4.78, 5) is 7.96. The molecule has 0 aromatic carbocycles. The van der Waals surface area contributed by atoms with Crippen LogP contribution in [0, 0.1) is 6.92 Å². The number of rotatable bonds is 3. The van der Waals surface area contributed by atoms with Gasteiger partial charge in [0, 0.05) is 24.0 Å². The lowest BCUT2D eigenvalue weighted by Gasteiger charge is -2.15. The van der Waals surface area contributed by atoms with Crippen LogP contribution >= 0.6 is 11.3 Å².